The molecule has 0 spiro atoms. The first-order valence-corrected chi connectivity index (χ1v) is 6.80. The number of H-pyrrole nitrogens is 1. The van der Waals surface area contributed by atoms with Crippen molar-refractivity contribution in [2.45, 2.75) is 13.3 Å². The number of fused-ring (bicyclic) bond motifs is 1. The smallest absolute Gasteiger partial charge is 0.296 e. The van der Waals surface area contributed by atoms with Crippen LogP contribution in [0.2, 0.25) is 0 Å². The molecule has 0 radical (unpaired) electrons. The van der Waals surface area contributed by atoms with Gasteiger partial charge in [0, 0.05) is 30.9 Å². The molecule has 0 saturated heterocycles. The Balaban J connectivity index is 2.15. The van der Waals surface area contributed by atoms with Crippen LogP contribution in [0.3, 0.4) is 0 Å². The van der Waals surface area contributed by atoms with Crippen LogP contribution < -0.4 is 0 Å². The second-order valence-corrected chi connectivity index (χ2v) is 5.21. The van der Waals surface area contributed by atoms with Gasteiger partial charge in [-0.25, -0.2) is 4.98 Å². The number of thioether (sulfide) groups is 1. The summed E-state index contributed by atoms with van der Waals surface area (Å²) in [5.74, 6) is 6.45. The summed E-state index contributed by atoms with van der Waals surface area (Å²) in [7, 11) is 0. The average Bonchev–Trinajstić information content (AvgIpc) is 2.81. The van der Waals surface area contributed by atoms with Gasteiger partial charge in [0.05, 0.1) is 16.5 Å². The van der Waals surface area contributed by atoms with E-state index in [-0.39, 0.29) is 10.8 Å². The Morgan fingerprint density at radius 2 is 2.40 bits per heavy atom. The Morgan fingerprint density at radius 1 is 1.60 bits per heavy atom. The summed E-state index contributed by atoms with van der Waals surface area (Å²) < 4.78 is 0. The van der Waals surface area contributed by atoms with Gasteiger partial charge in [-0.15, -0.1) is 0 Å². The van der Waals surface area contributed by atoms with Gasteiger partial charge in [-0.1, -0.05) is 23.6 Å². The number of nitrogens with one attached hydrogen (secondary N) is 1. The fourth-order valence-corrected chi connectivity index (χ4v) is 2.11. The summed E-state index contributed by atoms with van der Waals surface area (Å²) in [6.45, 7) is 1.51. The first-order chi connectivity index (χ1) is 9.58. The number of carbonyl (C=O) groups excluding carboxylic acids is 1. The molecule has 0 saturated carbocycles. The molecule has 0 fully saturated rings. The van der Waals surface area contributed by atoms with Gasteiger partial charge in [-0.3, -0.25) is 14.9 Å². The van der Waals surface area contributed by atoms with Crippen molar-refractivity contribution >= 4 is 33.6 Å². The second-order valence-electron chi connectivity index (χ2n) is 3.94. The van der Waals surface area contributed by atoms with Gasteiger partial charge in [0.2, 0.25) is 0 Å². The monoisotopic (exact) mass is 289 g/mol. The van der Waals surface area contributed by atoms with Crippen molar-refractivity contribution in [3.8, 4) is 11.8 Å². The molecular weight excluding hydrogens is 278 g/mol. The van der Waals surface area contributed by atoms with E-state index in [2.05, 4.69) is 21.8 Å². The predicted molar refractivity (Wildman–Crippen MR) is 77.4 cm³/mol. The van der Waals surface area contributed by atoms with E-state index in [9.17, 15) is 14.9 Å². The lowest BCUT2D eigenvalue weighted by Gasteiger charge is -1.92. The maximum absolute atomic E-state index is 10.8. The van der Waals surface area contributed by atoms with Crippen molar-refractivity contribution in [1.29, 1.82) is 0 Å². The number of hydrogen-bond acceptors (Lipinski definition) is 5. The highest BCUT2D eigenvalue weighted by atomic mass is 32.2. The van der Waals surface area contributed by atoms with Crippen LogP contribution in [-0.4, -0.2) is 25.8 Å². The third kappa shape index (κ3) is 3.36. The molecule has 2 heterocycles. The van der Waals surface area contributed by atoms with Crippen molar-refractivity contribution in [1.82, 2.24) is 9.97 Å². The zero-order valence-electron chi connectivity index (χ0n) is 10.7. The summed E-state index contributed by atoms with van der Waals surface area (Å²) in [5, 5.41) is 11.3. The molecular formula is C13H11N3O3S. The van der Waals surface area contributed by atoms with E-state index in [0.29, 0.717) is 28.8 Å². The number of hydrogen-bond donors (Lipinski definition) is 1. The maximum atomic E-state index is 10.8. The number of carbonyl (C=O) groups is 1. The molecule has 0 atom stereocenters. The minimum absolute atomic E-state index is 0.0108. The number of nitro groups is 1. The molecule has 0 aliphatic heterocycles. The Morgan fingerprint density at radius 3 is 3.10 bits per heavy atom. The van der Waals surface area contributed by atoms with Crippen LogP contribution in [0.4, 0.5) is 5.69 Å². The number of aromatic nitrogens is 2. The van der Waals surface area contributed by atoms with Crippen LogP contribution in [0.15, 0.2) is 18.5 Å². The zero-order valence-corrected chi connectivity index (χ0v) is 11.5. The van der Waals surface area contributed by atoms with Crippen molar-refractivity contribution in [2.75, 3.05) is 5.75 Å². The Bertz CT molecular complexity index is 727. The molecule has 102 valence electrons. The van der Waals surface area contributed by atoms with Crippen LogP contribution in [0.25, 0.3) is 11.0 Å². The predicted octanol–water partition coefficient (Wildman–Crippen LogP) is 2.49. The van der Waals surface area contributed by atoms with Gasteiger partial charge in [-0.05, 0) is 6.07 Å². The third-order valence-electron chi connectivity index (χ3n) is 2.47. The van der Waals surface area contributed by atoms with E-state index >= 15 is 0 Å². The summed E-state index contributed by atoms with van der Waals surface area (Å²) in [4.78, 5) is 27.9. The fourth-order valence-electron chi connectivity index (χ4n) is 1.62. The lowest BCUT2D eigenvalue weighted by Crippen LogP contribution is -1.87. The third-order valence-corrected chi connectivity index (χ3v) is 3.29. The summed E-state index contributed by atoms with van der Waals surface area (Å²) in [6, 6.07) is 1.64. The lowest BCUT2D eigenvalue weighted by molar-refractivity contribution is -0.383. The van der Waals surface area contributed by atoms with Crippen molar-refractivity contribution in [3.63, 3.8) is 0 Å². The lowest BCUT2D eigenvalue weighted by atomic mass is 10.2. The van der Waals surface area contributed by atoms with Crippen LogP contribution in [-0.2, 0) is 4.79 Å². The standard InChI is InChI=1S/C13H11N3O3S/c1-9(17)20-5-3-2-4-10-6-11-12(16(18)19)8-15-13(11)14-7-10/h6-8H,3,5H2,1H3,(H,14,15). The first kappa shape index (κ1) is 14.1. The Hall–Kier alpha value is -2.33. The fraction of sp³-hybridized carbons (Fsp3) is 0.231. The number of aromatic amines is 1. The molecule has 0 aliphatic carbocycles. The van der Waals surface area contributed by atoms with E-state index in [1.54, 1.807) is 12.3 Å². The molecule has 2 rings (SSSR count). The molecule has 0 unspecified atom stereocenters. The molecule has 0 aromatic carbocycles. The molecule has 20 heavy (non-hydrogen) atoms. The van der Waals surface area contributed by atoms with E-state index in [0.717, 1.165) is 0 Å². The van der Waals surface area contributed by atoms with Crippen molar-refractivity contribution < 1.29 is 9.72 Å². The molecule has 2 aromatic heterocycles. The van der Waals surface area contributed by atoms with E-state index in [1.165, 1.54) is 24.9 Å². The highest BCUT2D eigenvalue weighted by molar-refractivity contribution is 8.13. The normalized spacial score (nSPS) is 10.1. The van der Waals surface area contributed by atoms with Crippen molar-refractivity contribution in [2.24, 2.45) is 0 Å². The Kier molecular flexibility index (Phi) is 4.38. The van der Waals surface area contributed by atoms with E-state index in [1.807, 2.05) is 0 Å². The molecule has 1 N–H and O–H groups in total. The molecule has 0 amide bonds. The number of rotatable bonds is 3. The van der Waals surface area contributed by atoms with Gasteiger partial charge < -0.3 is 4.98 Å². The molecule has 0 bridgehead atoms. The summed E-state index contributed by atoms with van der Waals surface area (Å²) >= 11 is 1.23. The number of pyridine rings is 1. The summed E-state index contributed by atoms with van der Waals surface area (Å²) in [5.41, 5.74) is 1.07. The minimum Gasteiger partial charge on any atom is -0.340 e. The van der Waals surface area contributed by atoms with Crippen LogP contribution in [0.1, 0.15) is 18.9 Å². The molecule has 0 aliphatic rings. The Labute approximate surface area is 119 Å². The van der Waals surface area contributed by atoms with Crippen LogP contribution in [0.5, 0.6) is 0 Å². The highest BCUT2D eigenvalue weighted by Gasteiger charge is 2.14. The largest absolute Gasteiger partial charge is 0.340 e. The highest BCUT2D eigenvalue weighted by Crippen LogP contribution is 2.23. The molecule has 2 aromatic rings. The van der Waals surface area contributed by atoms with Gasteiger partial charge >= 0.3 is 0 Å². The molecule has 6 nitrogen and oxygen atoms in total. The zero-order chi connectivity index (χ0) is 14.5. The van der Waals surface area contributed by atoms with Gasteiger partial charge in [0.1, 0.15) is 5.65 Å². The second kappa shape index (κ2) is 6.21. The average molecular weight is 289 g/mol. The van der Waals surface area contributed by atoms with E-state index in [4.69, 9.17) is 0 Å². The summed E-state index contributed by atoms with van der Waals surface area (Å²) in [6.07, 6.45) is 3.46. The van der Waals surface area contributed by atoms with Crippen LogP contribution in [0, 0.1) is 22.0 Å². The SMILES string of the molecule is CC(=O)SCCC#Cc1cnc2[nH]cc([N+](=O)[O-])c2c1. The van der Waals surface area contributed by atoms with Crippen molar-refractivity contribution in [3.05, 3.63) is 34.1 Å². The number of nitrogens with zero attached hydrogens (tertiary/aromatic N) is 2. The van der Waals surface area contributed by atoms with Gasteiger partial charge in [-0.2, -0.15) is 0 Å². The molecule has 7 heteroatoms. The maximum Gasteiger partial charge on any atom is 0.296 e. The topological polar surface area (TPSA) is 88.9 Å². The van der Waals surface area contributed by atoms with Crippen LogP contribution >= 0.6 is 11.8 Å². The van der Waals surface area contributed by atoms with E-state index < -0.39 is 4.92 Å². The van der Waals surface area contributed by atoms with Gasteiger partial charge in [0.25, 0.3) is 5.69 Å². The first-order valence-electron chi connectivity index (χ1n) is 5.81. The minimum atomic E-state index is -0.457. The van der Waals surface area contributed by atoms with Gasteiger partial charge in [0.15, 0.2) is 5.12 Å². The quantitative estimate of drug-likeness (QED) is 0.406.